The Morgan fingerprint density at radius 2 is 2.07 bits per heavy atom. The highest BCUT2D eigenvalue weighted by molar-refractivity contribution is 8.01. The van der Waals surface area contributed by atoms with E-state index in [1.807, 2.05) is 24.3 Å². The Labute approximate surface area is 93.1 Å². The molecular weight excluding hydrogens is 214 g/mol. The molecule has 14 heavy (non-hydrogen) atoms. The Morgan fingerprint density at radius 3 is 2.50 bits per heavy atom. The van der Waals surface area contributed by atoms with Crippen LogP contribution in [0.2, 0.25) is 5.02 Å². The molecule has 0 heterocycles. The Bertz CT molecular complexity index is 381. The van der Waals surface area contributed by atoms with Gasteiger partial charge in [-0.2, -0.15) is 5.26 Å². The van der Waals surface area contributed by atoms with Gasteiger partial charge in [0.25, 0.3) is 0 Å². The van der Waals surface area contributed by atoms with Crippen molar-refractivity contribution in [1.82, 2.24) is 0 Å². The average molecular weight is 224 g/mol. The molecule has 2 atom stereocenters. The minimum absolute atomic E-state index is 0.173. The summed E-state index contributed by atoms with van der Waals surface area (Å²) in [5.74, 6) is 0.508. The van der Waals surface area contributed by atoms with Crippen LogP contribution in [0.3, 0.4) is 0 Å². The molecule has 0 spiro atoms. The summed E-state index contributed by atoms with van der Waals surface area (Å²) in [7, 11) is 0. The van der Waals surface area contributed by atoms with E-state index in [1.165, 1.54) is 0 Å². The van der Waals surface area contributed by atoms with Crippen molar-refractivity contribution in [2.45, 2.75) is 23.0 Å². The summed E-state index contributed by atoms with van der Waals surface area (Å²) in [5.41, 5.74) is 0. The monoisotopic (exact) mass is 223 g/mol. The first kappa shape index (κ1) is 9.89. The Kier molecular flexibility index (Phi) is 2.47. The zero-order chi connectivity index (χ0) is 10.2. The molecule has 1 aromatic carbocycles. The minimum atomic E-state index is -0.173. The van der Waals surface area contributed by atoms with E-state index in [-0.39, 0.29) is 4.75 Å². The molecule has 2 unspecified atom stereocenters. The lowest BCUT2D eigenvalue weighted by molar-refractivity contribution is 0.936. The molecule has 1 aliphatic carbocycles. The SMILES string of the molecule is CC1CC1(C#N)Sc1ccc(Cl)cc1. The molecule has 0 aromatic heterocycles. The quantitative estimate of drug-likeness (QED) is 0.763. The molecule has 72 valence electrons. The van der Waals surface area contributed by atoms with E-state index < -0.39 is 0 Å². The third kappa shape index (κ3) is 1.75. The van der Waals surface area contributed by atoms with E-state index >= 15 is 0 Å². The van der Waals surface area contributed by atoms with Crippen LogP contribution in [0.5, 0.6) is 0 Å². The molecule has 0 saturated heterocycles. The summed E-state index contributed by atoms with van der Waals surface area (Å²) in [6.07, 6.45) is 0.997. The van der Waals surface area contributed by atoms with Crippen LogP contribution < -0.4 is 0 Å². The van der Waals surface area contributed by atoms with Gasteiger partial charge >= 0.3 is 0 Å². The number of nitrogens with zero attached hydrogens (tertiary/aromatic N) is 1. The molecule has 3 heteroatoms. The molecular formula is C11H10ClNS. The second kappa shape index (κ2) is 3.49. The van der Waals surface area contributed by atoms with E-state index in [9.17, 15) is 0 Å². The van der Waals surface area contributed by atoms with Gasteiger partial charge < -0.3 is 0 Å². The maximum absolute atomic E-state index is 9.05. The van der Waals surface area contributed by atoms with Crippen molar-refractivity contribution in [2.24, 2.45) is 5.92 Å². The number of hydrogen-bond donors (Lipinski definition) is 0. The van der Waals surface area contributed by atoms with Crippen molar-refractivity contribution in [3.63, 3.8) is 0 Å². The Balaban J connectivity index is 2.12. The lowest BCUT2D eigenvalue weighted by atomic mass is 10.4. The highest BCUT2D eigenvalue weighted by Gasteiger charge is 2.52. The molecule has 0 amide bonds. The minimum Gasteiger partial charge on any atom is -0.197 e. The number of hydrogen-bond acceptors (Lipinski definition) is 2. The molecule has 1 fully saturated rings. The van der Waals surface area contributed by atoms with Gasteiger partial charge in [-0.3, -0.25) is 0 Å². The highest BCUT2D eigenvalue weighted by atomic mass is 35.5. The zero-order valence-electron chi connectivity index (χ0n) is 7.83. The lowest BCUT2D eigenvalue weighted by Crippen LogP contribution is -2.00. The van der Waals surface area contributed by atoms with Crippen molar-refractivity contribution in [2.75, 3.05) is 0 Å². The standard InChI is InChI=1S/C11H10ClNS/c1-8-6-11(8,7-13)14-10-4-2-9(12)3-5-10/h2-5,8H,6H2,1H3. The lowest BCUT2D eigenvalue weighted by Gasteiger charge is -2.06. The van der Waals surface area contributed by atoms with Crippen LogP contribution in [0, 0.1) is 17.2 Å². The van der Waals surface area contributed by atoms with Crippen molar-refractivity contribution in [3.8, 4) is 6.07 Å². The first-order valence-corrected chi connectivity index (χ1v) is 5.71. The number of rotatable bonds is 2. The van der Waals surface area contributed by atoms with E-state index in [1.54, 1.807) is 11.8 Å². The number of benzene rings is 1. The number of nitriles is 1. The Morgan fingerprint density at radius 1 is 1.50 bits per heavy atom. The van der Waals surface area contributed by atoms with Crippen LogP contribution in [0.25, 0.3) is 0 Å². The van der Waals surface area contributed by atoms with Gasteiger partial charge in [0.1, 0.15) is 4.75 Å². The third-order valence-corrected chi connectivity index (χ3v) is 4.33. The second-order valence-electron chi connectivity index (χ2n) is 3.66. The molecule has 0 aliphatic heterocycles. The molecule has 2 rings (SSSR count). The van der Waals surface area contributed by atoms with Crippen LogP contribution in [-0.4, -0.2) is 4.75 Å². The summed E-state index contributed by atoms with van der Waals surface area (Å²) in [4.78, 5) is 1.13. The molecule has 1 aliphatic rings. The first-order valence-electron chi connectivity index (χ1n) is 4.52. The maximum Gasteiger partial charge on any atom is 0.110 e. The van der Waals surface area contributed by atoms with Crippen LogP contribution in [-0.2, 0) is 0 Å². The maximum atomic E-state index is 9.05. The molecule has 0 radical (unpaired) electrons. The van der Waals surface area contributed by atoms with Crippen LogP contribution in [0.15, 0.2) is 29.2 Å². The van der Waals surface area contributed by atoms with Gasteiger partial charge in [0.15, 0.2) is 0 Å². The van der Waals surface area contributed by atoms with Crippen molar-refractivity contribution in [1.29, 1.82) is 5.26 Å². The molecule has 0 bridgehead atoms. The summed E-state index contributed by atoms with van der Waals surface area (Å²) < 4.78 is -0.173. The average Bonchev–Trinajstić information content (AvgIpc) is 2.82. The smallest absolute Gasteiger partial charge is 0.110 e. The van der Waals surface area contributed by atoms with Crippen molar-refractivity contribution >= 4 is 23.4 Å². The van der Waals surface area contributed by atoms with Gasteiger partial charge in [-0.15, -0.1) is 11.8 Å². The van der Waals surface area contributed by atoms with Crippen LogP contribution >= 0.6 is 23.4 Å². The van der Waals surface area contributed by atoms with E-state index in [4.69, 9.17) is 16.9 Å². The zero-order valence-corrected chi connectivity index (χ0v) is 9.40. The Hall–Kier alpha value is -0.650. The van der Waals surface area contributed by atoms with E-state index in [2.05, 4.69) is 13.0 Å². The van der Waals surface area contributed by atoms with Gasteiger partial charge in [-0.1, -0.05) is 18.5 Å². The fraction of sp³-hybridized carbons (Fsp3) is 0.364. The summed E-state index contributed by atoms with van der Waals surface area (Å²) >= 11 is 7.44. The fourth-order valence-corrected chi connectivity index (χ4v) is 2.83. The molecule has 1 nitrogen and oxygen atoms in total. The highest BCUT2D eigenvalue weighted by Crippen LogP contribution is 2.56. The van der Waals surface area contributed by atoms with E-state index in [0.717, 1.165) is 16.3 Å². The van der Waals surface area contributed by atoms with Crippen molar-refractivity contribution < 1.29 is 0 Å². The number of thioether (sulfide) groups is 1. The fourth-order valence-electron chi connectivity index (χ4n) is 1.43. The normalized spacial score (nSPS) is 29.6. The predicted molar refractivity (Wildman–Crippen MR) is 59.4 cm³/mol. The van der Waals surface area contributed by atoms with Crippen LogP contribution in [0.1, 0.15) is 13.3 Å². The summed E-state index contributed by atoms with van der Waals surface area (Å²) in [6.45, 7) is 2.12. The van der Waals surface area contributed by atoms with Gasteiger partial charge in [0.05, 0.1) is 6.07 Å². The third-order valence-electron chi connectivity index (χ3n) is 2.55. The topological polar surface area (TPSA) is 23.8 Å². The van der Waals surface area contributed by atoms with Crippen LogP contribution in [0.4, 0.5) is 0 Å². The first-order chi connectivity index (χ1) is 6.66. The summed E-state index contributed by atoms with van der Waals surface area (Å²) in [5, 5.41) is 9.79. The second-order valence-corrected chi connectivity index (χ2v) is 5.50. The molecule has 1 saturated carbocycles. The van der Waals surface area contributed by atoms with Gasteiger partial charge in [-0.25, -0.2) is 0 Å². The van der Waals surface area contributed by atoms with Gasteiger partial charge in [0, 0.05) is 9.92 Å². The molecule has 0 N–H and O–H groups in total. The van der Waals surface area contributed by atoms with Crippen molar-refractivity contribution in [3.05, 3.63) is 29.3 Å². The molecule has 1 aromatic rings. The largest absolute Gasteiger partial charge is 0.197 e. The predicted octanol–water partition coefficient (Wildman–Crippen LogP) is 3.73. The number of halogens is 1. The van der Waals surface area contributed by atoms with E-state index in [0.29, 0.717) is 5.92 Å². The summed E-state index contributed by atoms with van der Waals surface area (Å²) in [6, 6.07) is 10.1. The van der Waals surface area contributed by atoms with Gasteiger partial charge in [-0.05, 0) is 36.6 Å². The van der Waals surface area contributed by atoms with Gasteiger partial charge in [0.2, 0.25) is 0 Å².